The number of fused-ring (bicyclic) bond motifs is 8. The zero-order valence-electron chi connectivity index (χ0n) is 25.7. The molecule has 5 heterocycles. The van der Waals surface area contributed by atoms with Crippen LogP contribution in [0.15, 0.2) is 83.3 Å². The molecule has 7 rings (SSSR count). The molecule has 0 spiro atoms. The predicted molar refractivity (Wildman–Crippen MR) is 183 cm³/mol. The van der Waals surface area contributed by atoms with Crippen LogP contribution in [0.5, 0.6) is 0 Å². The van der Waals surface area contributed by atoms with Crippen LogP contribution in [0.2, 0.25) is 0 Å². The smallest absolute Gasteiger partial charge is 0.0554 e. The summed E-state index contributed by atoms with van der Waals surface area (Å²) >= 11 is 3.99. The maximum absolute atomic E-state index is 5.22. The first-order valence-corrected chi connectivity index (χ1v) is 15.8. The standard InChI is InChI=1S/C38H37BrN4/c1-22-7-11-24(12-8-22)29-16-26-15-27-20-37(3,4)34(41-27)19-31-35(25-13-9-23(2)10-14-25)36(39)32(43-31)17-28-21-38(5,6)33(42-28)18-30(29)40-26/h7-19,40,43H,20-21H2,1-6H3. The average molecular weight is 630 g/mol. The highest BCUT2D eigenvalue weighted by atomic mass is 79.9. The van der Waals surface area contributed by atoms with Crippen LogP contribution in [0.3, 0.4) is 0 Å². The minimum atomic E-state index is -0.101. The number of rotatable bonds is 2. The van der Waals surface area contributed by atoms with E-state index >= 15 is 0 Å². The van der Waals surface area contributed by atoms with Crippen LogP contribution in [0.4, 0.5) is 0 Å². The van der Waals surface area contributed by atoms with E-state index in [1.165, 1.54) is 27.8 Å². The zero-order chi connectivity index (χ0) is 30.1. The van der Waals surface area contributed by atoms with E-state index in [2.05, 4.69) is 146 Å². The van der Waals surface area contributed by atoms with E-state index in [1.807, 2.05) is 0 Å². The van der Waals surface area contributed by atoms with E-state index in [1.54, 1.807) is 0 Å². The third kappa shape index (κ3) is 5.14. The fraction of sp³-hybridized carbons (Fsp3) is 0.263. The second kappa shape index (κ2) is 10.1. The molecule has 2 aliphatic heterocycles. The van der Waals surface area contributed by atoms with Crippen molar-refractivity contribution in [2.45, 2.75) is 65.2 Å². The Labute approximate surface area is 261 Å². The summed E-state index contributed by atoms with van der Waals surface area (Å²) in [5.74, 6) is 0. The number of benzene rings is 2. The van der Waals surface area contributed by atoms with Gasteiger partial charge in [0, 0.05) is 74.1 Å². The van der Waals surface area contributed by atoms with Gasteiger partial charge in [0.15, 0.2) is 0 Å². The SMILES string of the molecule is Cc1ccc(-c2cc3cc4nc(cc5[nH]c(cc6nc(cc2[nH]3)C(C)(C)C6)c(Br)c5-c2ccc(C)cc2)C(C)(C)C4)cc1. The van der Waals surface area contributed by atoms with E-state index in [-0.39, 0.29) is 10.8 Å². The Bertz CT molecular complexity index is 2040. The summed E-state index contributed by atoms with van der Waals surface area (Å²) in [5, 5.41) is 0. The van der Waals surface area contributed by atoms with Crippen LogP contribution in [0.1, 0.15) is 61.6 Å². The third-order valence-corrected chi connectivity index (χ3v) is 9.75. The number of hydrogen-bond donors (Lipinski definition) is 2. The molecule has 2 N–H and O–H groups in total. The summed E-state index contributed by atoms with van der Waals surface area (Å²) in [5.41, 5.74) is 15.5. The molecule has 0 aliphatic carbocycles. The van der Waals surface area contributed by atoms with Gasteiger partial charge in [0.1, 0.15) is 0 Å². The van der Waals surface area contributed by atoms with Gasteiger partial charge in [0.25, 0.3) is 0 Å². The highest BCUT2D eigenvalue weighted by molar-refractivity contribution is 9.10. The predicted octanol–water partition coefficient (Wildman–Crippen LogP) is 10.1. The lowest BCUT2D eigenvalue weighted by molar-refractivity contribution is 0.543. The molecule has 43 heavy (non-hydrogen) atoms. The minimum absolute atomic E-state index is 0.101. The van der Waals surface area contributed by atoms with Gasteiger partial charge in [-0.3, -0.25) is 9.97 Å². The van der Waals surface area contributed by atoms with E-state index in [4.69, 9.17) is 9.97 Å². The molecule has 0 saturated carbocycles. The van der Waals surface area contributed by atoms with Gasteiger partial charge in [-0.15, -0.1) is 0 Å². The summed E-state index contributed by atoms with van der Waals surface area (Å²) in [7, 11) is 0. The molecular weight excluding hydrogens is 592 g/mol. The summed E-state index contributed by atoms with van der Waals surface area (Å²) in [6.07, 6.45) is 1.73. The molecule has 0 fully saturated rings. The molecule has 0 amide bonds. The van der Waals surface area contributed by atoms with Gasteiger partial charge in [-0.25, -0.2) is 0 Å². The highest BCUT2D eigenvalue weighted by Crippen LogP contribution is 2.40. The molecule has 0 saturated heterocycles. The number of nitrogens with one attached hydrogen (secondary N) is 2. The van der Waals surface area contributed by atoms with Crippen LogP contribution >= 0.6 is 15.9 Å². The van der Waals surface area contributed by atoms with Gasteiger partial charge in [0.05, 0.1) is 9.99 Å². The monoisotopic (exact) mass is 628 g/mol. The number of aromatic nitrogens is 4. The van der Waals surface area contributed by atoms with Crippen molar-refractivity contribution in [3.63, 3.8) is 0 Å². The molecular formula is C38H37BrN4. The van der Waals surface area contributed by atoms with Crippen molar-refractivity contribution in [2.24, 2.45) is 0 Å². The van der Waals surface area contributed by atoms with E-state index in [0.717, 1.165) is 67.7 Å². The van der Waals surface area contributed by atoms with Crippen LogP contribution in [-0.4, -0.2) is 19.9 Å². The first-order chi connectivity index (χ1) is 20.4. The number of nitrogens with zero attached hydrogens (tertiary/aromatic N) is 2. The normalized spacial score (nSPS) is 15.5. The van der Waals surface area contributed by atoms with Gasteiger partial charge in [-0.1, -0.05) is 87.4 Å². The Morgan fingerprint density at radius 3 is 1.74 bits per heavy atom. The quantitative estimate of drug-likeness (QED) is 0.204. The molecule has 0 atom stereocenters. The molecule has 5 heteroatoms. The van der Waals surface area contributed by atoms with Gasteiger partial charge in [-0.2, -0.15) is 0 Å². The lowest BCUT2D eigenvalue weighted by Gasteiger charge is -2.16. The van der Waals surface area contributed by atoms with Crippen molar-refractivity contribution in [2.75, 3.05) is 0 Å². The molecule has 4 nitrogen and oxygen atoms in total. The van der Waals surface area contributed by atoms with Crippen molar-refractivity contribution >= 4 is 38.0 Å². The van der Waals surface area contributed by atoms with E-state index in [0.29, 0.717) is 0 Å². The van der Waals surface area contributed by atoms with E-state index in [9.17, 15) is 0 Å². The molecule has 0 unspecified atom stereocenters. The summed E-state index contributed by atoms with van der Waals surface area (Å²) in [6, 6.07) is 28.7. The Morgan fingerprint density at radius 2 is 1.14 bits per heavy atom. The zero-order valence-corrected chi connectivity index (χ0v) is 27.3. The van der Waals surface area contributed by atoms with Crippen molar-refractivity contribution in [1.82, 2.24) is 19.9 Å². The molecule has 3 aromatic heterocycles. The molecule has 2 aliphatic rings. The van der Waals surface area contributed by atoms with E-state index < -0.39 is 0 Å². The Balaban J connectivity index is 1.57. The lowest BCUT2D eigenvalue weighted by atomic mass is 9.86. The van der Waals surface area contributed by atoms with Gasteiger partial charge in [0.2, 0.25) is 0 Å². The molecule has 216 valence electrons. The van der Waals surface area contributed by atoms with Gasteiger partial charge >= 0.3 is 0 Å². The Kier molecular flexibility index (Phi) is 6.51. The van der Waals surface area contributed by atoms with Gasteiger partial charge < -0.3 is 9.97 Å². The van der Waals surface area contributed by atoms with Crippen molar-refractivity contribution < 1.29 is 0 Å². The topological polar surface area (TPSA) is 57.4 Å². The van der Waals surface area contributed by atoms with Crippen molar-refractivity contribution in [3.05, 3.63) is 117 Å². The largest absolute Gasteiger partial charge is 0.355 e. The Hall–Kier alpha value is -3.96. The second-order valence-electron chi connectivity index (χ2n) is 13.6. The first-order valence-electron chi connectivity index (χ1n) is 15.0. The van der Waals surface area contributed by atoms with Crippen LogP contribution in [0, 0.1) is 13.8 Å². The maximum atomic E-state index is 5.22. The molecule has 5 aromatic rings. The number of aryl methyl sites for hydroxylation is 2. The average Bonchev–Trinajstić information content (AvgIpc) is 3.63. The van der Waals surface area contributed by atoms with Crippen LogP contribution < -0.4 is 0 Å². The number of aromatic amines is 2. The first kappa shape index (κ1) is 27.8. The lowest BCUT2D eigenvalue weighted by Crippen LogP contribution is -2.15. The molecule has 2 aromatic carbocycles. The Morgan fingerprint density at radius 1 is 0.605 bits per heavy atom. The fourth-order valence-corrected chi connectivity index (χ4v) is 7.06. The van der Waals surface area contributed by atoms with Crippen LogP contribution in [-0.2, 0) is 23.7 Å². The fourth-order valence-electron chi connectivity index (χ4n) is 6.40. The molecule has 0 radical (unpaired) electrons. The number of halogens is 1. The maximum Gasteiger partial charge on any atom is 0.0554 e. The van der Waals surface area contributed by atoms with Crippen molar-refractivity contribution in [1.29, 1.82) is 0 Å². The summed E-state index contributed by atoms with van der Waals surface area (Å²) in [4.78, 5) is 17.9. The summed E-state index contributed by atoms with van der Waals surface area (Å²) < 4.78 is 1.05. The van der Waals surface area contributed by atoms with Gasteiger partial charge in [-0.05, 0) is 71.2 Å². The number of hydrogen-bond acceptors (Lipinski definition) is 2. The third-order valence-electron chi connectivity index (χ3n) is 8.92. The molecule has 8 bridgehead atoms. The second-order valence-corrected chi connectivity index (χ2v) is 14.4. The number of H-pyrrole nitrogens is 2. The van der Waals surface area contributed by atoms with Crippen LogP contribution in [0.25, 0.3) is 44.3 Å². The highest BCUT2D eigenvalue weighted by Gasteiger charge is 2.30. The van der Waals surface area contributed by atoms with Crippen molar-refractivity contribution in [3.8, 4) is 22.3 Å². The summed E-state index contributed by atoms with van der Waals surface area (Å²) in [6.45, 7) is 13.4. The minimum Gasteiger partial charge on any atom is -0.355 e.